The van der Waals surface area contributed by atoms with Crippen molar-refractivity contribution in [1.82, 2.24) is 9.80 Å². The van der Waals surface area contributed by atoms with Crippen LogP contribution in [0.15, 0.2) is 48.5 Å². The van der Waals surface area contributed by atoms with Gasteiger partial charge in [0.15, 0.2) is 0 Å². The average molecular weight is 367 g/mol. The van der Waals surface area contributed by atoms with Crippen molar-refractivity contribution < 1.29 is 14.3 Å². The Morgan fingerprint density at radius 1 is 1.11 bits per heavy atom. The van der Waals surface area contributed by atoms with Crippen LogP contribution in [-0.4, -0.2) is 54.4 Å². The normalized spacial score (nSPS) is 17.6. The fraction of sp³-hybridized carbons (Fsp3) is 0.333. The molecule has 0 bridgehead atoms. The molecule has 3 rings (SSSR count). The van der Waals surface area contributed by atoms with Crippen LogP contribution < -0.4 is 10.5 Å². The van der Waals surface area contributed by atoms with Gasteiger partial charge in [0.05, 0.1) is 7.11 Å². The number of carbonyl (C=O) groups excluding carboxylic acids is 2. The topological polar surface area (TPSA) is 75.9 Å². The number of nitrogens with zero attached hydrogens (tertiary/aromatic N) is 2. The third-order valence-electron chi connectivity index (χ3n) is 4.95. The molecule has 1 aliphatic rings. The molecular weight excluding hydrogens is 342 g/mol. The SMILES string of the molecule is COc1ccc(-c2cccc(CN3CCN(C(C)=O)[C@H](C(N)=O)C3)c2)cc1. The van der Waals surface area contributed by atoms with Crippen LogP contribution in [0.3, 0.4) is 0 Å². The Labute approximate surface area is 159 Å². The smallest absolute Gasteiger partial charge is 0.241 e. The van der Waals surface area contributed by atoms with Crippen molar-refractivity contribution in [3.63, 3.8) is 0 Å². The lowest BCUT2D eigenvalue weighted by molar-refractivity contribution is -0.141. The molecule has 27 heavy (non-hydrogen) atoms. The molecular formula is C21H25N3O3. The number of hydrogen-bond donors (Lipinski definition) is 1. The lowest BCUT2D eigenvalue weighted by Crippen LogP contribution is -2.59. The van der Waals surface area contributed by atoms with Gasteiger partial charge in [0.1, 0.15) is 11.8 Å². The van der Waals surface area contributed by atoms with Crippen LogP contribution in [0.2, 0.25) is 0 Å². The van der Waals surface area contributed by atoms with E-state index in [1.807, 2.05) is 30.3 Å². The second-order valence-electron chi connectivity index (χ2n) is 6.79. The molecule has 1 heterocycles. The lowest BCUT2D eigenvalue weighted by Gasteiger charge is -2.39. The second kappa shape index (κ2) is 8.22. The number of carbonyl (C=O) groups is 2. The Morgan fingerprint density at radius 3 is 2.48 bits per heavy atom. The standard InChI is InChI=1S/C21H25N3O3/c1-15(25)24-11-10-23(14-20(24)21(22)26)13-16-4-3-5-18(12-16)17-6-8-19(27-2)9-7-17/h3-9,12,20H,10-11,13-14H2,1-2H3,(H2,22,26)/t20-/m0/s1. The third kappa shape index (κ3) is 4.46. The van der Waals surface area contributed by atoms with Gasteiger partial charge in [0, 0.05) is 33.1 Å². The Bertz CT molecular complexity index is 820. The molecule has 1 aliphatic heterocycles. The molecule has 2 aromatic carbocycles. The average Bonchev–Trinajstić information content (AvgIpc) is 2.68. The van der Waals surface area contributed by atoms with Crippen molar-refractivity contribution in [1.29, 1.82) is 0 Å². The number of ether oxygens (including phenoxy) is 1. The highest BCUT2D eigenvalue weighted by Crippen LogP contribution is 2.24. The summed E-state index contributed by atoms with van der Waals surface area (Å²) in [6.07, 6.45) is 0. The molecule has 0 saturated carbocycles. The zero-order valence-electron chi connectivity index (χ0n) is 15.7. The molecule has 0 aromatic heterocycles. The molecule has 1 fully saturated rings. The van der Waals surface area contributed by atoms with Gasteiger partial charge in [-0.2, -0.15) is 0 Å². The van der Waals surface area contributed by atoms with Crippen molar-refractivity contribution >= 4 is 11.8 Å². The largest absolute Gasteiger partial charge is 0.497 e. The molecule has 0 unspecified atom stereocenters. The molecule has 0 spiro atoms. The third-order valence-corrected chi connectivity index (χ3v) is 4.95. The summed E-state index contributed by atoms with van der Waals surface area (Å²) in [5.41, 5.74) is 8.91. The first kappa shape index (κ1) is 18.9. The Balaban J connectivity index is 1.72. The summed E-state index contributed by atoms with van der Waals surface area (Å²) in [6.45, 7) is 3.88. The molecule has 1 atom stereocenters. The molecule has 0 radical (unpaired) electrons. The number of nitrogens with two attached hydrogens (primary N) is 1. The number of methoxy groups -OCH3 is 1. The van der Waals surface area contributed by atoms with Gasteiger partial charge in [-0.1, -0.05) is 30.3 Å². The molecule has 0 aliphatic carbocycles. The predicted molar refractivity (Wildman–Crippen MR) is 104 cm³/mol. The highest BCUT2D eigenvalue weighted by Gasteiger charge is 2.32. The fourth-order valence-corrected chi connectivity index (χ4v) is 3.49. The fourth-order valence-electron chi connectivity index (χ4n) is 3.49. The molecule has 2 aromatic rings. The Hall–Kier alpha value is -2.86. The van der Waals surface area contributed by atoms with Gasteiger partial charge >= 0.3 is 0 Å². The van der Waals surface area contributed by atoms with Crippen LogP contribution in [-0.2, 0) is 16.1 Å². The highest BCUT2D eigenvalue weighted by atomic mass is 16.5. The van der Waals surface area contributed by atoms with Gasteiger partial charge in [-0.3, -0.25) is 14.5 Å². The summed E-state index contributed by atoms with van der Waals surface area (Å²) in [5, 5.41) is 0. The summed E-state index contributed by atoms with van der Waals surface area (Å²) >= 11 is 0. The summed E-state index contributed by atoms with van der Waals surface area (Å²) in [7, 11) is 1.65. The van der Waals surface area contributed by atoms with E-state index in [9.17, 15) is 9.59 Å². The lowest BCUT2D eigenvalue weighted by atomic mass is 10.0. The first-order valence-corrected chi connectivity index (χ1v) is 9.00. The van der Waals surface area contributed by atoms with E-state index in [4.69, 9.17) is 10.5 Å². The molecule has 2 N–H and O–H groups in total. The van der Waals surface area contributed by atoms with Crippen molar-refractivity contribution in [2.45, 2.75) is 19.5 Å². The van der Waals surface area contributed by atoms with E-state index in [-0.39, 0.29) is 5.91 Å². The van der Waals surface area contributed by atoms with Gasteiger partial charge in [0.2, 0.25) is 11.8 Å². The van der Waals surface area contributed by atoms with Crippen LogP contribution in [0.4, 0.5) is 0 Å². The van der Waals surface area contributed by atoms with Gasteiger partial charge in [-0.05, 0) is 34.9 Å². The van der Waals surface area contributed by atoms with E-state index >= 15 is 0 Å². The van der Waals surface area contributed by atoms with Crippen LogP contribution in [0.25, 0.3) is 11.1 Å². The molecule has 2 amide bonds. The quantitative estimate of drug-likeness (QED) is 0.875. The second-order valence-corrected chi connectivity index (χ2v) is 6.79. The minimum atomic E-state index is -0.568. The van der Waals surface area contributed by atoms with Crippen LogP contribution in [0.5, 0.6) is 5.75 Å². The summed E-state index contributed by atoms with van der Waals surface area (Å²) in [5.74, 6) is 0.262. The zero-order valence-corrected chi connectivity index (χ0v) is 15.7. The van der Waals surface area contributed by atoms with Crippen molar-refractivity contribution in [3.05, 3.63) is 54.1 Å². The van der Waals surface area contributed by atoms with Crippen molar-refractivity contribution in [2.24, 2.45) is 5.73 Å². The van der Waals surface area contributed by atoms with E-state index in [2.05, 4.69) is 23.1 Å². The number of primary amides is 1. The van der Waals surface area contributed by atoms with Gasteiger partial charge in [-0.25, -0.2) is 0 Å². The first-order chi connectivity index (χ1) is 13.0. The number of benzene rings is 2. The monoisotopic (exact) mass is 367 g/mol. The van der Waals surface area contributed by atoms with E-state index in [0.717, 1.165) is 29.0 Å². The number of piperazine rings is 1. The molecule has 6 heteroatoms. The van der Waals surface area contributed by atoms with E-state index in [1.165, 1.54) is 6.92 Å². The van der Waals surface area contributed by atoms with Gasteiger partial charge in [-0.15, -0.1) is 0 Å². The van der Waals surface area contributed by atoms with Crippen LogP contribution in [0, 0.1) is 0 Å². The summed E-state index contributed by atoms with van der Waals surface area (Å²) < 4.78 is 5.21. The molecule has 142 valence electrons. The maximum atomic E-state index is 11.8. The minimum absolute atomic E-state index is 0.111. The van der Waals surface area contributed by atoms with Crippen molar-refractivity contribution in [2.75, 3.05) is 26.7 Å². The van der Waals surface area contributed by atoms with Crippen molar-refractivity contribution in [3.8, 4) is 16.9 Å². The number of rotatable bonds is 5. The van der Waals surface area contributed by atoms with E-state index in [0.29, 0.717) is 19.6 Å². The summed E-state index contributed by atoms with van der Waals surface area (Å²) in [4.78, 5) is 27.2. The highest BCUT2D eigenvalue weighted by molar-refractivity contribution is 5.86. The Morgan fingerprint density at radius 2 is 1.85 bits per heavy atom. The summed E-state index contributed by atoms with van der Waals surface area (Å²) in [6, 6.07) is 15.7. The first-order valence-electron chi connectivity index (χ1n) is 9.00. The maximum absolute atomic E-state index is 11.8. The number of amides is 2. The predicted octanol–water partition coefficient (Wildman–Crippen LogP) is 1.88. The van der Waals surface area contributed by atoms with E-state index in [1.54, 1.807) is 12.0 Å². The minimum Gasteiger partial charge on any atom is -0.497 e. The van der Waals surface area contributed by atoms with Gasteiger partial charge in [0.25, 0.3) is 0 Å². The van der Waals surface area contributed by atoms with Gasteiger partial charge < -0.3 is 15.4 Å². The zero-order chi connectivity index (χ0) is 19.4. The molecule has 6 nitrogen and oxygen atoms in total. The van der Waals surface area contributed by atoms with Crippen LogP contribution in [0.1, 0.15) is 12.5 Å². The van der Waals surface area contributed by atoms with E-state index < -0.39 is 11.9 Å². The number of hydrogen-bond acceptors (Lipinski definition) is 4. The maximum Gasteiger partial charge on any atom is 0.241 e. The Kier molecular flexibility index (Phi) is 5.76. The molecule has 1 saturated heterocycles. The van der Waals surface area contributed by atoms with Crippen LogP contribution >= 0.6 is 0 Å².